The highest BCUT2D eigenvalue weighted by atomic mass is 16.5. The molecule has 2 aromatic rings. The van der Waals surface area contributed by atoms with Crippen molar-refractivity contribution in [2.45, 2.75) is 26.7 Å². The maximum atomic E-state index is 12.2. The standard InChI is InChI=1S/C22H26N2O5/c1-4-27-19-11-9-17(14-21(19)28-5-2)24-22(25)7-6-12-29-18-10-8-16(15-23)13-20(18)26-3/h8-11,13-14H,4-7,12H2,1-3H3,(H,24,25). The largest absolute Gasteiger partial charge is 0.493 e. The van der Waals surface area contributed by atoms with Crippen LogP contribution in [0.5, 0.6) is 23.0 Å². The van der Waals surface area contributed by atoms with Crippen molar-refractivity contribution in [1.82, 2.24) is 0 Å². The normalized spacial score (nSPS) is 10.0. The second kappa shape index (κ2) is 11.4. The molecular formula is C22H26N2O5. The summed E-state index contributed by atoms with van der Waals surface area (Å²) in [5.41, 5.74) is 1.15. The molecule has 0 saturated heterocycles. The molecule has 0 spiro atoms. The average Bonchev–Trinajstić information content (AvgIpc) is 2.73. The summed E-state index contributed by atoms with van der Waals surface area (Å²) in [5, 5.41) is 11.8. The number of rotatable bonds is 11. The van der Waals surface area contributed by atoms with Crippen molar-refractivity contribution < 1.29 is 23.7 Å². The van der Waals surface area contributed by atoms with Gasteiger partial charge in [-0.3, -0.25) is 4.79 Å². The van der Waals surface area contributed by atoms with Gasteiger partial charge in [-0.1, -0.05) is 0 Å². The summed E-state index contributed by atoms with van der Waals surface area (Å²) in [4.78, 5) is 12.2. The molecule has 0 heterocycles. The van der Waals surface area contributed by atoms with Gasteiger partial charge in [0.25, 0.3) is 0 Å². The number of nitriles is 1. The van der Waals surface area contributed by atoms with E-state index in [2.05, 4.69) is 11.4 Å². The number of benzene rings is 2. The highest BCUT2D eigenvalue weighted by Crippen LogP contribution is 2.31. The number of nitrogens with one attached hydrogen (secondary N) is 1. The Morgan fingerprint density at radius 1 is 0.966 bits per heavy atom. The lowest BCUT2D eigenvalue weighted by molar-refractivity contribution is -0.116. The van der Waals surface area contributed by atoms with Crippen LogP contribution < -0.4 is 24.3 Å². The zero-order valence-electron chi connectivity index (χ0n) is 17.0. The van der Waals surface area contributed by atoms with Gasteiger partial charge in [0, 0.05) is 24.2 Å². The minimum atomic E-state index is -0.119. The first-order valence-corrected chi connectivity index (χ1v) is 9.51. The number of hydrogen-bond acceptors (Lipinski definition) is 6. The smallest absolute Gasteiger partial charge is 0.224 e. The van der Waals surface area contributed by atoms with Crippen LogP contribution in [-0.2, 0) is 4.79 Å². The SMILES string of the molecule is CCOc1ccc(NC(=O)CCCOc2ccc(C#N)cc2OC)cc1OCC. The lowest BCUT2D eigenvalue weighted by atomic mass is 10.2. The number of methoxy groups -OCH3 is 1. The molecule has 1 amide bonds. The highest BCUT2D eigenvalue weighted by molar-refractivity contribution is 5.91. The monoisotopic (exact) mass is 398 g/mol. The number of nitrogens with zero attached hydrogens (tertiary/aromatic N) is 1. The minimum Gasteiger partial charge on any atom is -0.493 e. The van der Waals surface area contributed by atoms with Gasteiger partial charge in [-0.2, -0.15) is 5.26 Å². The van der Waals surface area contributed by atoms with Crippen molar-refractivity contribution in [3.05, 3.63) is 42.0 Å². The Bertz CT molecular complexity index is 861. The van der Waals surface area contributed by atoms with Crippen LogP contribution >= 0.6 is 0 Å². The molecule has 0 fully saturated rings. The average molecular weight is 398 g/mol. The number of anilines is 1. The molecule has 2 rings (SSSR count). The molecule has 0 saturated carbocycles. The molecule has 2 aromatic carbocycles. The van der Waals surface area contributed by atoms with E-state index >= 15 is 0 Å². The van der Waals surface area contributed by atoms with E-state index in [-0.39, 0.29) is 5.91 Å². The Morgan fingerprint density at radius 2 is 1.66 bits per heavy atom. The fourth-order valence-electron chi connectivity index (χ4n) is 2.62. The van der Waals surface area contributed by atoms with Crippen molar-refractivity contribution in [2.75, 3.05) is 32.2 Å². The Kier molecular flexibility index (Phi) is 8.64. The van der Waals surface area contributed by atoms with Gasteiger partial charge in [0.1, 0.15) is 0 Å². The van der Waals surface area contributed by atoms with Gasteiger partial charge < -0.3 is 24.3 Å². The van der Waals surface area contributed by atoms with E-state index in [9.17, 15) is 4.79 Å². The lowest BCUT2D eigenvalue weighted by Crippen LogP contribution is -2.13. The quantitative estimate of drug-likeness (QED) is 0.572. The van der Waals surface area contributed by atoms with Gasteiger partial charge in [-0.05, 0) is 44.5 Å². The van der Waals surface area contributed by atoms with E-state index in [0.29, 0.717) is 66.9 Å². The van der Waals surface area contributed by atoms with Crippen LogP contribution in [0.3, 0.4) is 0 Å². The van der Waals surface area contributed by atoms with E-state index < -0.39 is 0 Å². The van der Waals surface area contributed by atoms with Crippen LogP contribution in [0.2, 0.25) is 0 Å². The first-order valence-electron chi connectivity index (χ1n) is 9.51. The summed E-state index contributed by atoms with van der Waals surface area (Å²) in [7, 11) is 1.52. The topological polar surface area (TPSA) is 89.8 Å². The predicted octanol–water partition coefficient (Wildman–Crippen LogP) is 4.16. The first-order chi connectivity index (χ1) is 14.1. The molecule has 7 nitrogen and oxygen atoms in total. The Hall–Kier alpha value is -3.40. The Morgan fingerprint density at radius 3 is 2.34 bits per heavy atom. The molecule has 0 radical (unpaired) electrons. The summed E-state index contributed by atoms with van der Waals surface area (Å²) in [5.74, 6) is 2.17. The molecule has 154 valence electrons. The van der Waals surface area contributed by atoms with Crippen molar-refractivity contribution in [1.29, 1.82) is 5.26 Å². The molecule has 7 heteroatoms. The van der Waals surface area contributed by atoms with Gasteiger partial charge in [-0.15, -0.1) is 0 Å². The van der Waals surface area contributed by atoms with Crippen molar-refractivity contribution in [2.24, 2.45) is 0 Å². The fourth-order valence-corrected chi connectivity index (χ4v) is 2.62. The van der Waals surface area contributed by atoms with Crippen molar-refractivity contribution in [3.63, 3.8) is 0 Å². The zero-order valence-corrected chi connectivity index (χ0v) is 17.0. The third kappa shape index (κ3) is 6.61. The summed E-state index contributed by atoms with van der Waals surface area (Å²) in [6.45, 7) is 5.19. The van der Waals surface area contributed by atoms with E-state index in [4.69, 9.17) is 24.2 Å². The molecule has 29 heavy (non-hydrogen) atoms. The molecule has 0 atom stereocenters. The van der Waals surface area contributed by atoms with Gasteiger partial charge in [0.2, 0.25) is 5.91 Å². The number of ether oxygens (including phenoxy) is 4. The molecule has 1 N–H and O–H groups in total. The molecular weight excluding hydrogens is 372 g/mol. The van der Waals surface area contributed by atoms with E-state index in [1.54, 1.807) is 36.4 Å². The Labute approximate surface area is 171 Å². The van der Waals surface area contributed by atoms with Crippen LogP contribution in [0.4, 0.5) is 5.69 Å². The van der Waals surface area contributed by atoms with Crippen LogP contribution in [0.25, 0.3) is 0 Å². The molecule has 0 aliphatic rings. The lowest BCUT2D eigenvalue weighted by Gasteiger charge is -2.13. The van der Waals surface area contributed by atoms with Crippen LogP contribution in [0.15, 0.2) is 36.4 Å². The minimum absolute atomic E-state index is 0.119. The second-order valence-corrected chi connectivity index (χ2v) is 6.01. The Balaban J connectivity index is 1.84. The fraction of sp³-hybridized carbons (Fsp3) is 0.364. The van der Waals surface area contributed by atoms with E-state index in [1.807, 2.05) is 13.8 Å². The van der Waals surface area contributed by atoms with Gasteiger partial charge in [0.05, 0.1) is 38.6 Å². The van der Waals surface area contributed by atoms with Crippen molar-refractivity contribution >= 4 is 11.6 Å². The summed E-state index contributed by atoms with van der Waals surface area (Å²) >= 11 is 0. The highest BCUT2D eigenvalue weighted by Gasteiger charge is 2.10. The second-order valence-electron chi connectivity index (χ2n) is 6.01. The molecule has 0 aliphatic heterocycles. The molecule has 0 unspecified atom stereocenters. The summed E-state index contributed by atoms with van der Waals surface area (Å²) in [6, 6.07) is 12.3. The number of carbonyl (C=O) groups is 1. The molecule has 0 aromatic heterocycles. The van der Waals surface area contributed by atoms with Gasteiger partial charge in [-0.25, -0.2) is 0 Å². The van der Waals surface area contributed by atoms with Crippen LogP contribution in [-0.4, -0.2) is 32.8 Å². The third-order valence-electron chi connectivity index (χ3n) is 3.93. The van der Waals surface area contributed by atoms with Gasteiger partial charge >= 0.3 is 0 Å². The van der Waals surface area contributed by atoms with E-state index in [1.165, 1.54) is 7.11 Å². The number of carbonyl (C=O) groups excluding carboxylic acids is 1. The van der Waals surface area contributed by atoms with Crippen molar-refractivity contribution in [3.8, 4) is 29.1 Å². The number of hydrogen-bond donors (Lipinski definition) is 1. The molecule has 0 aliphatic carbocycles. The third-order valence-corrected chi connectivity index (χ3v) is 3.93. The number of amides is 1. The summed E-state index contributed by atoms with van der Waals surface area (Å²) in [6.07, 6.45) is 0.833. The van der Waals surface area contributed by atoms with E-state index in [0.717, 1.165) is 0 Å². The van der Waals surface area contributed by atoms with Crippen LogP contribution in [0.1, 0.15) is 32.3 Å². The zero-order chi connectivity index (χ0) is 21.1. The maximum absolute atomic E-state index is 12.2. The summed E-state index contributed by atoms with van der Waals surface area (Å²) < 4.78 is 22.0. The van der Waals surface area contributed by atoms with Crippen LogP contribution in [0, 0.1) is 11.3 Å². The van der Waals surface area contributed by atoms with Gasteiger partial charge in [0.15, 0.2) is 23.0 Å². The maximum Gasteiger partial charge on any atom is 0.224 e. The first kappa shape index (κ1) is 21.9. The molecule has 0 bridgehead atoms. The predicted molar refractivity (Wildman–Crippen MR) is 110 cm³/mol.